The molecule has 1 atom stereocenters. The minimum absolute atomic E-state index is 0. The molecule has 1 unspecified atom stereocenters. The molecule has 1 aromatic heterocycles. The highest BCUT2D eigenvalue weighted by Crippen LogP contribution is 2.36. The van der Waals surface area contributed by atoms with Crippen LogP contribution >= 0.6 is 23.7 Å². The van der Waals surface area contributed by atoms with Crippen LogP contribution in [0.5, 0.6) is 0 Å². The number of hydrogen-bond acceptors (Lipinski definition) is 3. The van der Waals surface area contributed by atoms with Crippen LogP contribution < -0.4 is 5.32 Å². The van der Waals surface area contributed by atoms with Crippen LogP contribution in [0.2, 0.25) is 0 Å². The van der Waals surface area contributed by atoms with E-state index in [0.717, 1.165) is 0 Å². The van der Waals surface area contributed by atoms with E-state index >= 15 is 0 Å². The molecule has 2 nitrogen and oxygen atoms in total. The summed E-state index contributed by atoms with van der Waals surface area (Å²) in [6, 6.07) is 0.262. The third-order valence-electron chi connectivity index (χ3n) is 3.09. The molecule has 0 saturated carbocycles. The van der Waals surface area contributed by atoms with Gasteiger partial charge in [-0.1, -0.05) is 0 Å². The minimum atomic E-state index is 0. The molecule has 1 aliphatic heterocycles. The molecule has 0 spiro atoms. The molecule has 0 bridgehead atoms. The molecule has 0 aromatic carbocycles. The number of hydrogen-bond donors (Lipinski definition) is 1. The summed E-state index contributed by atoms with van der Waals surface area (Å²) in [5.41, 5.74) is 3.16. The number of thiophene rings is 1. The number of nitrogens with one attached hydrogen (secondary N) is 1. The third kappa shape index (κ3) is 2.02. The Kier molecular flexibility index (Phi) is 3.66. The molecule has 1 aliphatic carbocycles. The van der Waals surface area contributed by atoms with E-state index in [1.165, 1.54) is 30.6 Å². The fourth-order valence-electron chi connectivity index (χ4n) is 2.31. The lowest BCUT2D eigenvalue weighted by molar-refractivity contribution is 0.681. The monoisotopic (exact) mass is 254 g/mol. The van der Waals surface area contributed by atoms with Crippen molar-refractivity contribution >= 4 is 30.1 Å². The smallest absolute Gasteiger partial charge is 0.106 e. The molecule has 0 amide bonds. The van der Waals surface area contributed by atoms with Gasteiger partial charge in [-0.05, 0) is 48.3 Å². The maximum absolute atomic E-state index is 4.47. The Morgan fingerprint density at radius 2 is 2.19 bits per heavy atom. The SMILES string of the molecule is C1=CC(c2scc3c2CCCC3)N=CN1.Cl. The molecule has 1 N–H and O–H groups in total. The van der Waals surface area contributed by atoms with E-state index < -0.39 is 0 Å². The fourth-order valence-corrected chi connectivity index (χ4v) is 3.50. The van der Waals surface area contributed by atoms with Gasteiger partial charge in [-0.25, -0.2) is 0 Å². The lowest BCUT2D eigenvalue weighted by Gasteiger charge is -2.16. The quantitative estimate of drug-likeness (QED) is 0.818. The molecule has 1 aromatic rings. The number of fused-ring (bicyclic) bond motifs is 1. The molecule has 86 valence electrons. The van der Waals surface area contributed by atoms with Gasteiger partial charge in [-0.3, -0.25) is 4.99 Å². The summed E-state index contributed by atoms with van der Waals surface area (Å²) in [6.07, 6.45) is 11.1. The van der Waals surface area contributed by atoms with E-state index in [-0.39, 0.29) is 18.4 Å². The minimum Gasteiger partial charge on any atom is -0.353 e. The summed E-state index contributed by atoms with van der Waals surface area (Å²) in [7, 11) is 0. The first-order valence-corrected chi connectivity index (χ1v) is 6.36. The standard InChI is InChI=1S/C12H14N2S.ClH/c1-2-4-10-9(3-1)7-15-12(10)11-5-6-13-8-14-11;/h5-8,11H,1-4H2,(H,13,14);1H. The van der Waals surface area contributed by atoms with E-state index in [1.807, 2.05) is 17.5 Å². The number of nitrogens with zero attached hydrogens (tertiary/aromatic N) is 1. The first-order valence-electron chi connectivity index (χ1n) is 5.48. The van der Waals surface area contributed by atoms with Gasteiger partial charge < -0.3 is 5.32 Å². The number of halogens is 1. The first-order chi connectivity index (χ1) is 7.45. The molecular formula is C12H15ClN2S. The highest BCUT2D eigenvalue weighted by atomic mass is 35.5. The van der Waals surface area contributed by atoms with Crippen LogP contribution in [0.4, 0.5) is 0 Å². The second-order valence-electron chi connectivity index (χ2n) is 4.06. The number of rotatable bonds is 1. The maximum atomic E-state index is 4.47. The van der Waals surface area contributed by atoms with Gasteiger partial charge in [0.15, 0.2) is 0 Å². The van der Waals surface area contributed by atoms with Crippen molar-refractivity contribution in [3.05, 3.63) is 33.7 Å². The molecule has 2 heterocycles. The van der Waals surface area contributed by atoms with Crippen LogP contribution in [0.3, 0.4) is 0 Å². The van der Waals surface area contributed by atoms with Gasteiger partial charge in [0.25, 0.3) is 0 Å². The Balaban J connectivity index is 0.000000963. The molecule has 3 rings (SSSR count). The van der Waals surface area contributed by atoms with Gasteiger partial charge in [0, 0.05) is 11.1 Å². The van der Waals surface area contributed by atoms with E-state index in [2.05, 4.69) is 21.8 Å². The fraction of sp³-hybridized carbons (Fsp3) is 0.417. The molecule has 4 heteroatoms. The van der Waals surface area contributed by atoms with Crippen LogP contribution in [-0.2, 0) is 12.8 Å². The summed E-state index contributed by atoms with van der Waals surface area (Å²) in [4.78, 5) is 5.92. The van der Waals surface area contributed by atoms with Crippen molar-refractivity contribution in [1.82, 2.24) is 5.32 Å². The second kappa shape index (κ2) is 5.02. The van der Waals surface area contributed by atoms with Crippen molar-refractivity contribution in [2.45, 2.75) is 31.7 Å². The summed E-state index contributed by atoms with van der Waals surface area (Å²) in [5, 5.41) is 5.32. The Morgan fingerprint density at radius 3 is 3.00 bits per heavy atom. The maximum Gasteiger partial charge on any atom is 0.106 e. The van der Waals surface area contributed by atoms with Gasteiger partial charge in [-0.2, -0.15) is 0 Å². The van der Waals surface area contributed by atoms with Crippen LogP contribution in [0.1, 0.15) is 34.9 Å². The second-order valence-corrected chi connectivity index (χ2v) is 4.97. The van der Waals surface area contributed by atoms with Crippen molar-refractivity contribution in [2.24, 2.45) is 4.99 Å². The highest BCUT2D eigenvalue weighted by Gasteiger charge is 2.20. The Morgan fingerprint density at radius 1 is 1.31 bits per heavy atom. The molecule has 0 fully saturated rings. The molecule has 0 saturated heterocycles. The van der Waals surface area contributed by atoms with Gasteiger partial charge in [-0.15, -0.1) is 23.7 Å². The Bertz CT molecular complexity index is 411. The van der Waals surface area contributed by atoms with Crippen molar-refractivity contribution < 1.29 is 0 Å². The van der Waals surface area contributed by atoms with E-state index in [1.54, 1.807) is 17.5 Å². The zero-order chi connectivity index (χ0) is 10.1. The largest absolute Gasteiger partial charge is 0.353 e. The predicted octanol–water partition coefficient (Wildman–Crippen LogP) is 3.24. The van der Waals surface area contributed by atoms with Gasteiger partial charge in [0.05, 0.1) is 6.34 Å². The lowest BCUT2D eigenvalue weighted by atomic mass is 9.92. The van der Waals surface area contributed by atoms with Crippen LogP contribution in [0.25, 0.3) is 0 Å². The predicted molar refractivity (Wildman–Crippen MR) is 71.7 cm³/mol. The zero-order valence-electron chi connectivity index (χ0n) is 8.98. The Hall–Kier alpha value is -0.800. The van der Waals surface area contributed by atoms with Crippen molar-refractivity contribution in [3.8, 4) is 0 Å². The van der Waals surface area contributed by atoms with Crippen molar-refractivity contribution in [2.75, 3.05) is 0 Å². The van der Waals surface area contributed by atoms with E-state index in [0.29, 0.717) is 0 Å². The van der Waals surface area contributed by atoms with Crippen LogP contribution in [0, 0.1) is 0 Å². The first kappa shape index (κ1) is 11.7. The van der Waals surface area contributed by atoms with E-state index in [4.69, 9.17) is 0 Å². The Labute approximate surface area is 106 Å². The topological polar surface area (TPSA) is 24.4 Å². The van der Waals surface area contributed by atoms with Crippen molar-refractivity contribution in [3.63, 3.8) is 0 Å². The molecule has 0 radical (unpaired) electrons. The molecule has 2 aliphatic rings. The number of aryl methyl sites for hydroxylation is 1. The zero-order valence-corrected chi connectivity index (χ0v) is 10.6. The van der Waals surface area contributed by atoms with Crippen LogP contribution in [0.15, 0.2) is 22.6 Å². The summed E-state index contributed by atoms with van der Waals surface area (Å²) < 4.78 is 0. The van der Waals surface area contributed by atoms with Gasteiger partial charge in [0.2, 0.25) is 0 Å². The highest BCUT2D eigenvalue weighted by molar-refractivity contribution is 7.10. The lowest BCUT2D eigenvalue weighted by Crippen LogP contribution is -2.10. The van der Waals surface area contributed by atoms with Gasteiger partial charge >= 0.3 is 0 Å². The van der Waals surface area contributed by atoms with Gasteiger partial charge in [0.1, 0.15) is 6.04 Å². The average molecular weight is 255 g/mol. The normalized spacial score (nSPS) is 22.1. The van der Waals surface area contributed by atoms with E-state index in [9.17, 15) is 0 Å². The number of aliphatic imine (C=N–C) groups is 1. The van der Waals surface area contributed by atoms with Crippen LogP contribution in [-0.4, -0.2) is 6.34 Å². The molecular weight excluding hydrogens is 240 g/mol. The molecule has 16 heavy (non-hydrogen) atoms. The van der Waals surface area contributed by atoms with Crippen molar-refractivity contribution in [1.29, 1.82) is 0 Å². The summed E-state index contributed by atoms with van der Waals surface area (Å²) in [5.74, 6) is 0. The summed E-state index contributed by atoms with van der Waals surface area (Å²) in [6.45, 7) is 0. The summed E-state index contributed by atoms with van der Waals surface area (Å²) >= 11 is 1.88. The average Bonchev–Trinajstić information content (AvgIpc) is 2.74. The third-order valence-corrected chi connectivity index (χ3v) is 4.23.